The summed E-state index contributed by atoms with van der Waals surface area (Å²) in [5.74, 6) is -0.185. The molecule has 0 spiro atoms. The summed E-state index contributed by atoms with van der Waals surface area (Å²) >= 11 is 0. The highest BCUT2D eigenvalue weighted by molar-refractivity contribution is 5.92. The SMILES string of the molecule is C=C(CCC#N)C(=O)NC. The second-order valence-corrected chi connectivity index (χ2v) is 1.84. The molecule has 54 valence electrons. The number of nitriles is 1. The molecule has 0 fully saturated rings. The summed E-state index contributed by atoms with van der Waals surface area (Å²) in [6.45, 7) is 3.50. The minimum absolute atomic E-state index is 0.185. The minimum atomic E-state index is -0.185. The summed E-state index contributed by atoms with van der Waals surface area (Å²) in [7, 11) is 1.54. The van der Waals surface area contributed by atoms with Gasteiger partial charge in [-0.3, -0.25) is 4.79 Å². The Bertz CT molecular complexity index is 179. The molecule has 0 aliphatic heterocycles. The van der Waals surface area contributed by atoms with Gasteiger partial charge in [-0.25, -0.2) is 0 Å². The van der Waals surface area contributed by atoms with Crippen LogP contribution >= 0.6 is 0 Å². The van der Waals surface area contributed by atoms with Gasteiger partial charge in [0.15, 0.2) is 0 Å². The van der Waals surface area contributed by atoms with E-state index < -0.39 is 0 Å². The standard InChI is InChI=1S/C7H10N2O/c1-6(4-3-5-8)7(10)9-2/h1,3-4H2,2H3,(H,9,10). The van der Waals surface area contributed by atoms with Gasteiger partial charge < -0.3 is 5.32 Å². The van der Waals surface area contributed by atoms with Crippen LogP contribution in [0.25, 0.3) is 0 Å². The average Bonchev–Trinajstić information content (AvgIpc) is 1.98. The van der Waals surface area contributed by atoms with Crippen molar-refractivity contribution in [2.24, 2.45) is 0 Å². The van der Waals surface area contributed by atoms with Crippen LogP contribution in [0.3, 0.4) is 0 Å². The molecule has 3 nitrogen and oxygen atoms in total. The Morgan fingerprint density at radius 3 is 2.80 bits per heavy atom. The summed E-state index contributed by atoms with van der Waals surface area (Å²) in [6, 6.07) is 1.94. The average molecular weight is 138 g/mol. The van der Waals surface area contributed by atoms with Crippen molar-refractivity contribution in [2.75, 3.05) is 7.05 Å². The van der Waals surface area contributed by atoms with Crippen LogP contribution in [0, 0.1) is 11.3 Å². The molecule has 0 radical (unpaired) electrons. The molecule has 0 bridgehead atoms. The molecule has 0 aromatic heterocycles. The maximum atomic E-state index is 10.7. The predicted molar refractivity (Wildman–Crippen MR) is 38.1 cm³/mol. The minimum Gasteiger partial charge on any atom is -0.355 e. The number of carbonyl (C=O) groups is 1. The lowest BCUT2D eigenvalue weighted by Crippen LogP contribution is -2.19. The van der Waals surface area contributed by atoms with E-state index >= 15 is 0 Å². The molecule has 0 aliphatic rings. The van der Waals surface area contributed by atoms with Crippen molar-refractivity contribution in [3.05, 3.63) is 12.2 Å². The fourth-order valence-corrected chi connectivity index (χ4v) is 0.497. The Kier molecular flexibility index (Phi) is 3.97. The molecule has 0 aromatic rings. The van der Waals surface area contributed by atoms with Crippen LogP contribution in [0.1, 0.15) is 12.8 Å². The third kappa shape index (κ3) is 2.88. The fraction of sp³-hybridized carbons (Fsp3) is 0.429. The van der Waals surface area contributed by atoms with Crippen LogP contribution in [0.4, 0.5) is 0 Å². The molecule has 3 heteroatoms. The Labute approximate surface area is 60.3 Å². The molecule has 0 aliphatic carbocycles. The van der Waals surface area contributed by atoms with E-state index in [1.807, 2.05) is 6.07 Å². The lowest BCUT2D eigenvalue weighted by molar-refractivity contribution is -0.117. The van der Waals surface area contributed by atoms with Crippen molar-refractivity contribution < 1.29 is 4.79 Å². The van der Waals surface area contributed by atoms with Gasteiger partial charge in [-0.1, -0.05) is 6.58 Å². The Balaban J connectivity index is 3.65. The van der Waals surface area contributed by atoms with Gasteiger partial charge in [0.1, 0.15) is 0 Å². The summed E-state index contributed by atoms with van der Waals surface area (Å²) in [5, 5.41) is 10.6. The van der Waals surface area contributed by atoms with E-state index in [0.29, 0.717) is 18.4 Å². The zero-order valence-corrected chi connectivity index (χ0v) is 5.98. The summed E-state index contributed by atoms with van der Waals surface area (Å²) < 4.78 is 0. The molecular formula is C7H10N2O. The van der Waals surface area contributed by atoms with E-state index in [2.05, 4.69) is 11.9 Å². The molecule has 0 rings (SSSR count). The van der Waals surface area contributed by atoms with E-state index in [4.69, 9.17) is 5.26 Å². The van der Waals surface area contributed by atoms with Crippen molar-refractivity contribution in [1.82, 2.24) is 5.32 Å². The fourth-order valence-electron chi connectivity index (χ4n) is 0.497. The van der Waals surface area contributed by atoms with Gasteiger partial charge in [0.25, 0.3) is 0 Å². The van der Waals surface area contributed by atoms with Crippen LogP contribution in [0.15, 0.2) is 12.2 Å². The largest absolute Gasteiger partial charge is 0.355 e. The number of hydrogen-bond acceptors (Lipinski definition) is 2. The predicted octanol–water partition coefficient (Wildman–Crippen LogP) is 0.592. The number of amides is 1. The maximum Gasteiger partial charge on any atom is 0.246 e. The topological polar surface area (TPSA) is 52.9 Å². The summed E-state index contributed by atoms with van der Waals surface area (Å²) in [4.78, 5) is 10.7. The van der Waals surface area contributed by atoms with Crippen molar-refractivity contribution in [2.45, 2.75) is 12.8 Å². The van der Waals surface area contributed by atoms with Gasteiger partial charge in [-0.2, -0.15) is 5.26 Å². The lowest BCUT2D eigenvalue weighted by atomic mass is 10.2. The molecule has 0 heterocycles. The quantitative estimate of drug-likeness (QED) is 0.580. The van der Waals surface area contributed by atoms with E-state index in [-0.39, 0.29) is 5.91 Å². The van der Waals surface area contributed by atoms with Gasteiger partial charge in [0.2, 0.25) is 5.91 Å². The van der Waals surface area contributed by atoms with E-state index in [1.165, 1.54) is 0 Å². The number of hydrogen-bond donors (Lipinski definition) is 1. The van der Waals surface area contributed by atoms with Crippen LogP contribution < -0.4 is 5.32 Å². The zero-order chi connectivity index (χ0) is 7.98. The van der Waals surface area contributed by atoms with Crippen LogP contribution in [-0.2, 0) is 4.79 Å². The highest BCUT2D eigenvalue weighted by Crippen LogP contribution is 1.99. The second kappa shape index (κ2) is 4.57. The van der Waals surface area contributed by atoms with Gasteiger partial charge in [0.05, 0.1) is 6.07 Å². The number of carbonyl (C=O) groups excluding carboxylic acids is 1. The highest BCUT2D eigenvalue weighted by atomic mass is 16.1. The number of likely N-dealkylation sites (N-methyl/N-ethyl adjacent to an activating group) is 1. The number of nitrogens with one attached hydrogen (secondary N) is 1. The third-order valence-electron chi connectivity index (χ3n) is 1.09. The van der Waals surface area contributed by atoms with E-state index in [9.17, 15) is 4.79 Å². The Morgan fingerprint density at radius 2 is 2.40 bits per heavy atom. The van der Waals surface area contributed by atoms with Gasteiger partial charge in [-0.05, 0) is 6.42 Å². The molecule has 0 atom stereocenters. The molecule has 0 saturated carbocycles. The summed E-state index contributed by atoms with van der Waals surface area (Å²) in [5.41, 5.74) is 0.462. The molecule has 1 N–H and O–H groups in total. The second-order valence-electron chi connectivity index (χ2n) is 1.84. The van der Waals surface area contributed by atoms with E-state index in [1.54, 1.807) is 7.05 Å². The monoisotopic (exact) mass is 138 g/mol. The molecule has 0 unspecified atom stereocenters. The first-order valence-electron chi connectivity index (χ1n) is 2.99. The maximum absolute atomic E-state index is 10.7. The Morgan fingerprint density at radius 1 is 1.80 bits per heavy atom. The Hall–Kier alpha value is -1.30. The lowest BCUT2D eigenvalue weighted by Gasteiger charge is -1.98. The molecule has 0 aromatic carbocycles. The zero-order valence-electron chi connectivity index (χ0n) is 5.98. The molecule has 0 saturated heterocycles. The number of rotatable bonds is 3. The van der Waals surface area contributed by atoms with E-state index in [0.717, 1.165) is 0 Å². The van der Waals surface area contributed by atoms with Crippen LogP contribution in [0.5, 0.6) is 0 Å². The third-order valence-corrected chi connectivity index (χ3v) is 1.09. The van der Waals surface area contributed by atoms with Gasteiger partial charge in [-0.15, -0.1) is 0 Å². The van der Waals surface area contributed by atoms with Crippen molar-refractivity contribution >= 4 is 5.91 Å². The van der Waals surface area contributed by atoms with Gasteiger partial charge >= 0.3 is 0 Å². The molecular weight excluding hydrogens is 128 g/mol. The van der Waals surface area contributed by atoms with Crippen LogP contribution in [0.2, 0.25) is 0 Å². The highest BCUT2D eigenvalue weighted by Gasteiger charge is 2.01. The summed E-state index contributed by atoms with van der Waals surface area (Å²) in [6.07, 6.45) is 0.808. The first kappa shape index (κ1) is 8.70. The molecule has 1 amide bonds. The van der Waals surface area contributed by atoms with Gasteiger partial charge in [0, 0.05) is 19.0 Å². The first-order chi connectivity index (χ1) is 4.72. The van der Waals surface area contributed by atoms with Crippen molar-refractivity contribution in [1.29, 1.82) is 5.26 Å². The van der Waals surface area contributed by atoms with Crippen LogP contribution in [-0.4, -0.2) is 13.0 Å². The smallest absolute Gasteiger partial charge is 0.246 e. The normalized spacial score (nSPS) is 8.00. The van der Waals surface area contributed by atoms with Crippen molar-refractivity contribution in [3.8, 4) is 6.07 Å². The first-order valence-corrected chi connectivity index (χ1v) is 2.99. The molecule has 10 heavy (non-hydrogen) atoms. The van der Waals surface area contributed by atoms with Crippen molar-refractivity contribution in [3.63, 3.8) is 0 Å². The number of nitrogens with zero attached hydrogens (tertiary/aromatic N) is 1.